The molecule has 0 aliphatic carbocycles. The topological polar surface area (TPSA) is 21.3 Å². The summed E-state index contributed by atoms with van der Waals surface area (Å²) in [7, 11) is 1.97. The van der Waals surface area contributed by atoms with E-state index >= 15 is 0 Å². The molecule has 0 aromatic carbocycles. The third-order valence-corrected chi connectivity index (χ3v) is 1.67. The molecular weight excluding hydrogens is 138 g/mol. The molecule has 0 saturated carbocycles. The number of ether oxygens (including phenoxy) is 1. The Morgan fingerprint density at radius 3 is 2.73 bits per heavy atom. The quantitative estimate of drug-likeness (QED) is 0.572. The Morgan fingerprint density at radius 1 is 1.45 bits per heavy atom. The van der Waals surface area contributed by atoms with Crippen LogP contribution < -0.4 is 5.32 Å². The minimum atomic E-state index is 0.442. The van der Waals surface area contributed by atoms with Crippen LogP contribution >= 0.6 is 0 Å². The molecule has 0 rings (SSSR count). The zero-order chi connectivity index (χ0) is 8.53. The van der Waals surface area contributed by atoms with E-state index in [2.05, 4.69) is 19.2 Å². The van der Waals surface area contributed by atoms with Crippen molar-refractivity contribution in [1.29, 1.82) is 0 Å². The summed E-state index contributed by atoms with van der Waals surface area (Å²) in [5.74, 6) is 0. The first-order chi connectivity index (χ1) is 5.31. The van der Waals surface area contributed by atoms with Crippen LogP contribution in [0.25, 0.3) is 0 Å². The van der Waals surface area contributed by atoms with E-state index in [0.717, 1.165) is 19.6 Å². The van der Waals surface area contributed by atoms with Gasteiger partial charge < -0.3 is 10.1 Å². The molecule has 1 atom stereocenters. The number of nitrogens with one attached hydrogen (secondary N) is 1. The van der Waals surface area contributed by atoms with Gasteiger partial charge in [-0.15, -0.1) is 0 Å². The molecule has 1 N–H and O–H groups in total. The maximum Gasteiger partial charge on any atom is 0.0546 e. The normalized spacial score (nSPS) is 13.4. The van der Waals surface area contributed by atoms with E-state index in [0.29, 0.717) is 6.10 Å². The number of hydrogen-bond acceptors (Lipinski definition) is 2. The van der Waals surface area contributed by atoms with E-state index in [9.17, 15) is 0 Å². The van der Waals surface area contributed by atoms with Gasteiger partial charge in [0.15, 0.2) is 0 Å². The summed E-state index contributed by atoms with van der Waals surface area (Å²) in [6, 6.07) is 0. The van der Waals surface area contributed by atoms with Crippen LogP contribution in [0.15, 0.2) is 0 Å². The van der Waals surface area contributed by atoms with Crippen molar-refractivity contribution < 1.29 is 4.74 Å². The van der Waals surface area contributed by atoms with Gasteiger partial charge in [0.05, 0.1) is 6.10 Å². The van der Waals surface area contributed by atoms with Gasteiger partial charge in [0, 0.05) is 6.61 Å². The Labute approximate surface area is 70.3 Å². The molecule has 68 valence electrons. The lowest BCUT2D eigenvalue weighted by molar-refractivity contribution is 0.0585. The molecular formula is C9H21NO. The average Bonchev–Trinajstić information content (AvgIpc) is 1.99. The van der Waals surface area contributed by atoms with Gasteiger partial charge in [-0.05, 0) is 33.4 Å². The van der Waals surface area contributed by atoms with Crippen LogP contribution in [0, 0.1) is 0 Å². The zero-order valence-corrected chi connectivity index (χ0v) is 8.02. The second-order valence-corrected chi connectivity index (χ2v) is 2.93. The minimum absolute atomic E-state index is 0.442. The first-order valence-corrected chi connectivity index (χ1v) is 4.57. The zero-order valence-electron chi connectivity index (χ0n) is 8.02. The Kier molecular flexibility index (Phi) is 7.96. The molecule has 0 aromatic heterocycles. The third-order valence-electron chi connectivity index (χ3n) is 1.67. The van der Waals surface area contributed by atoms with Gasteiger partial charge in [-0.3, -0.25) is 0 Å². The summed E-state index contributed by atoms with van der Waals surface area (Å²) in [4.78, 5) is 0. The maximum atomic E-state index is 5.54. The second-order valence-electron chi connectivity index (χ2n) is 2.93. The molecule has 2 heteroatoms. The van der Waals surface area contributed by atoms with E-state index < -0.39 is 0 Å². The van der Waals surface area contributed by atoms with Crippen LogP contribution in [0.2, 0.25) is 0 Å². The van der Waals surface area contributed by atoms with Crippen molar-refractivity contribution in [2.24, 2.45) is 0 Å². The fraction of sp³-hybridized carbons (Fsp3) is 1.00. The molecule has 0 heterocycles. The van der Waals surface area contributed by atoms with Crippen LogP contribution in [0.3, 0.4) is 0 Å². The smallest absolute Gasteiger partial charge is 0.0546 e. The standard InChI is InChI=1S/C9H21NO/c1-4-6-9(2)11-8-5-7-10-3/h9-10H,4-8H2,1-3H3. The van der Waals surface area contributed by atoms with E-state index in [4.69, 9.17) is 4.74 Å². The van der Waals surface area contributed by atoms with Crippen LogP contribution in [-0.4, -0.2) is 26.3 Å². The van der Waals surface area contributed by atoms with Crippen LogP contribution in [0.5, 0.6) is 0 Å². The highest BCUT2D eigenvalue weighted by atomic mass is 16.5. The van der Waals surface area contributed by atoms with Gasteiger partial charge in [0.25, 0.3) is 0 Å². The molecule has 11 heavy (non-hydrogen) atoms. The molecule has 0 amide bonds. The minimum Gasteiger partial charge on any atom is -0.378 e. The Balaban J connectivity index is 2.97. The highest BCUT2D eigenvalue weighted by Crippen LogP contribution is 2.00. The molecule has 0 aliphatic rings. The van der Waals surface area contributed by atoms with Gasteiger partial charge in [0.1, 0.15) is 0 Å². The predicted octanol–water partition coefficient (Wildman–Crippen LogP) is 1.80. The van der Waals surface area contributed by atoms with Gasteiger partial charge in [-0.25, -0.2) is 0 Å². The molecule has 0 aromatic rings. The van der Waals surface area contributed by atoms with Crippen molar-refractivity contribution in [3.05, 3.63) is 0 Å². The van der Waals surface area contributed by atoms with E-state index in [1.54, 1.807) is 0 Å². The Bertz CT molecular complexity index is 76.0. The van der Waals surface area contributed by atoms with Crippen LogP contribution in [0.1, 0.15) is 33.1 Å². The second kappa shape index (κ2) is 8.02. The SMILES string of the molecule is CCCC(C)OCCCNC. The first-order valence-electron chi connectivity index (χ1n) is 4.57. The van der Waals surface area contributed by atoms with Gasteiger partial charge >= 0.3 is 0 Å². The molecule has 0 aliphatic heterocycles. The summed E-state index contributed by atoms with van der Waals surface area (Å²) in [5.41, 5.74) is 0. The van der Waals surface area contributed by atoms with Crippen LogP contribution in [0.4, 0.5) is 0 Å². The summed E-state index contributed by atoms with van der Waals surface area (Å²) >= 11 is 0. The van der Waals surface area contributed by atoms with Gasteiger partial charge in [0.2, 0.25) is 0 Å². The molecule has 0 bridgehead atoms. The fourth-order valence-electron chi connectivity index (χ4n) is 1.02. The van der Waals surface area contributed by atoms with E-state index in [1.165, 1.54) is 12.8 Å². The molecule has 2 nitrogen and oxygen atoms in total. The average molecular weight is 159 g/mol. The number of rotatable bonds is 7. The van der Waals surface area contributed by atoms with Crippen molar-refractivity contribution in [3.8, 4) is 0 Å². The van der Waals surface area contributed by atoms with E-state index in [1.807, 2.05) is 7.05 Å². The maximum absolute atomic E-state index is 5.54. The Morgan fingerprint density at radius 2 is 2.18 bits per heavy atom. The first kappa shape index (κ1) is 10.9. The lowest BCUT2D eigenvalue weighted by Gasteiger charge is -2.11. The van der Waals surface area contributed by atoms with Gasteiger partial charge in [-0.2, -0.15) is 0 Å². The molecule has 0 radical (unpaired) electrons. The van der Waals surface area contributed by atoms with Crippen molar-refractivity contribution >= 4 is 0 Å². The highest BCUT2D eigenvalue weighted by molar-refractivity contribution is 4.48. The largest absolute Gasteiger partial charge is 0.378 e. The van der Waals surface area contributed by atoms with Crippen molar-refractivity contribution in [2.45, 2.75) is 39.2 Å². The molecule has 0 saturated heterocycles. The molecule has 0 spiro atoms. The number of hydrogen-bond donors (Lipinski definition) is 1. The third kappa shape index (κ3) is 7.82. The lowest BCUT2D eigenvalue weighted by atomic mass is 10.2. The highest BCUT2D eigenvalue weighted by Gasteiger charge is 1.98. The Hall–Kier alpha value is -0.0800. The van der Waals surface area contributed by atoms with Crippen LogP contribution in [-0.2, 0) is 4.74 Å². The van der Waals surface area contributed by atoms with Crippen molar-refractivity contribution in [1.82, 2.24) is 5.32 Å². The van der Waals surface area contributed by atoms with Crippen molar-refractivity contribution in [3.63, 3.8) is 0 Å². The molecule has 0 fully saturated rings. The monoisotopic (exact) mass is 159 g/mol. The fourth-order valence-corrected chi connectivity index (χ4v) is 1.02. The summed E-state index contributed by atoms with van der Waals surface area (Å²) in [5, 5.41) is 3.09. The molecule has 1 unspecified atom stereocenters. The summed E-state index contributed by atoms with van der Waals surface area (Å²) in [6.45, 7) is 6.27. The summed E-state index contributed by atoms with van der Waals surface area (Å²) in [6.07, 6.45) is 3.95. The van der Waals surface area contributed by atoms with Crippen molar-refractivity contribution in [2.75, 3.05) is 20.2 Å². The van der Waals surface area contributed by atoms with Gasteiger partial charge in [-0.1, -0.05) is 13.3 Å². The predicted molar refractivity (Wildman–Crippen MR) is 48.9 cm³/mol. The lowest BCUT2D eigenvalue weighted by Crippen LogP contribution is -2.14. The van der Waals surface area contributed by atoms with E-state index in [-0.39, 0.29) is 0 Å². The summed E-state index contributed by atoms with van der Waals surface area (Å²) < 4.78 is 5.54.